The molecule has 1 aliphatic rings. The van der Waals surface area contributed by atoms with E-state index in [2.05, 4.69) is 34.6 Å². The molecule has 0 unspecified atom stereocenters. The van der Waals surface area contributed by atoms with Gasteiger partial charge in [-0.3, -0.25) is 0 Å². The highest BCUT2D eigenvalue weighted by Crippen LogP contribution is 2.35. The molecule has 1 fully saturated rings. The van der Waals surface area contributed by atoms with Gasteiger partial charge in [-0.2, -0.15) is 0 Å². The van der Waals surface area contributed by atoms with Crippen LogP contribution in [-0.4, -0.2) is 20.8 Å². The standard InChI is InChI=1S/C14H30O2Si/c1-6-17(15-12(2)3,16-13(4)5)11-7-8-14-9-10-14/h12-14H,6-11H2,1-5H3. The van der Waals surface area contributed by atoms with Crippen LogP contribution in [0.1, 0.15) is 60.3 Å². The van der Waals surface area contributed by atoms with Crippen LogP contribution in [0.15, 0.2) is 0 Å². The summed E-state index contributed by atoms with van der Waals surface area (Å²) in [5.41, 5.74) is 0. The molecule has 0 aromatic carbocycles. The van der Waals surface area contributed by atoms with Gasteiger partial charge >= 0.3 is 8.56 Å². The summed E-state index contributed by atoms with van der Waals surface area (Å²) in [4.78, 5) is 0. The van der Waals surface area contributed by atoms with E-state index in [0.29, 0.717) is 12.2 Å². The first-order chi connectivity index (χ1) is 7.97. The molecule has 3 heteroatoms. The van der Waals surface area contributed by atoms with Crippen molar-refractivity contribution in [2.75, 3.05) is 0 Å². The van der Waals surface area contributed by atoms with Gasteiger partial charge in [0.05, 0.1) is 0 Å². The summed E-state index contributed by atoms with van der Waals surface area (Å²) in [6.45, 7) is 10.7. The Morgan fingerprint density at radius 1 is 1.06 bits per heavy atom. The van der Waals surface area contributed by atoms with Crippen LogP contribution in [0.4, 0.5) is 0 Å². The topological polar surface area (TPSA) is 18.5 Å². The summed E-state index contributed by atoms with van der Waals surface area (Å²) < 4.78 is 12.4. The van der Waals surface area contributed by atoms with Gasteiger partial charge in [-0.1, -0.05) is 32.6 Å². The van der Waals surface area contributed by atoms with Crippen LogP contribution in [0.3, 0.4) is 0 Å². The molecule has 0 saturated heterocycles. The molecule has 0 aromatic rings. The van der Waals surface area contributed by atoms with Crippen LogP contribution in [0.5, 0.6) is 0 Å². The summed E-state index contributed by atoms with van der Waals surface area (Å²) in [7, 11) is -1.93. The predicted octanol–water partition coefficient (Wildman–Crippen LogP) is 4.49. The summed E-state index contributed by atoms with van der Waals surface area (Å²) in [6, 6.07) is 2.25. The van der Waals surface area contributed by atoms with Gasteiger partial charge in [-0.15, -0.1) is 0 Å². The molecular formula is C14H30O2Si. The molecule has 0 spiro atoms. The van der Waals surface area contributed by atoms with Crippen LogP contribution in [-0.2, 0) is 8.85 Å². The Morgan fingerprint density at radius 3 is 1.94 bits per heavy atom. The van der Waals surface area contributed by atoms with Crippen molar-refractivity contribution in [1.29, 1.82) is 0 Å². The van der Waals surface area contributed by atoms with E-state index in [-0.39, 0.29) is 0 Å². The van der Waals surface area contributed by atoms with Crippen molar-refractivity contribution in [2.45, 2.75) is 84.6 Å². The first-order valence-electron chi connectivity index (χ1n) is 7.33. The van der Waals surface area contributed by atoms with Crippen molar-refractivity contribution in [3.8, 4) is 0 Å². The smallest absolute Gasteiger partial charge is 0.338 e. The molecule has 2 nitrogen and oxygen atoms in total. The summed E-state index contributed by atoms with van der Waals surface area (Å²) in [6.07, 6.45) is 6.18. The molecule has 1 saturated carbocycles. The highest BCUT2D eigenvalue weighted by atomic mass is 28.4. The Kier molecular flexibility index (Phi) is 6.17. The van der Waals surface area contributed by atoms with E-state index < -0.39 is 8.56 Å². The van der Waals surface area contributed by atoms with Crippen molar-refractivity contribution < 1.29 is 8.85 Å². The fourth-order valence-electron chi connectivity index (χ4n) is 2.41. The maximum Gasteiger partial charge on any atom is 0.338 e. The quantitative estimate of drug-likeness (QED) is 0.567. The van der Waals surface area contributed by atoms with Crippen LogP contribution in [0, 0.1) is 5.92 Å². The van der Waals surface area contributed by atoms with Gasteiger partial charge in [0.1, 0.15) is 0 Å². The lowest BCUT2D eigenvalue weighted by Crippen LogP contribution is -2.45. The lowest BCUT2D eigenvalue weighted by atomic mass is 10.2. The van der Waals surface area contributed by atoms with Gasteiger partial charge < -0.3 is 8.85 Å². The molecule has 0 amide bonds. The van der Waals surface area contributed by atoms with Gasteiger partial charge in [-0.25, -0.2) is 0 Å². The third-order valence-electron chi connectivity index (χ3n) is 3.31. The molecule has 1 aliphatic carbocycles. The Bertz CT molecular complexity index is 202. The molecule has 102 valence electrons. The molecule has 0 aromatic heterocycles. The van der Waals surface area contributed by atoms with E-state index in [1.807, 2.05) is 0 Å². The minimum Gasteiger partial charge on any atom is -0.392 e. The molecule has 0 radical (unpaired) electrons. The fraction of sp³-hybridized carbons (Fsp3) is 1.00. The largest absolute Gasteiger partial charge is 0.392 e. The maximum atomic E-state index is 6.22. The predicted molar refractivity (Wildman–Crippen MR) is 75.4 cm³/mol. The lowest BCUT2D eigenvalue weighted by molar-refractivity contribution is 0.104. The minimum atomic E-state index is -1.93. The highest BCUT2D eigenvalue weighted by molar-refractivity contribution is 6.67. The minimum absolute atomic E-state index is 0.293. The van der Waals surface area contributed by atoms with Crippen molar-refractivity contribution in [2.24, 2.45) is 5.92 Å². The second-order valence-corrected chi connectivity index (χ2v) is 9.43. The monoisotopic (exact) mass is 258 g/mol. The average Bonchev–Trinajstić information content (AvgIpc) is 2.99. The number of hydrogen-bond acceptors (Lipinski definition) is 2. The average molecular weight is 258 g/mol. The molecule has 0 N–H and O–H groups in total. The highest BCUT2D eigenvalue weighted by Gasteiger charge is 2.37. The molecule has 1 rings (SSSR count). The van der Waals surface area contributed by atoms with Gasteiger partial charge in [0.25, 0.3) is 0 Å². The zero-order valence-corrected chi connectivity index (χ0v) is 13.3. The van der Waals surface area contributed by atoms with Crippen molar-refractivity contribution in [1.82, 2.24) is 0 Å². The summed E-state index contributed by atoms with van der Waals surface area (Å²) >= 11 is 0. The lowest BCUT2D eigenvalue weighted by Gasteiger charge is -2.33. The zero-order valence-electron chi connectivity index (χ0n) is 12.3. The Balaban J connectivity index is 2.46. The third-order valence-corrected chi connectivity index (χ3v) is 7.30. The van der Waals surface area contributed by atoms with Crippen LogP contribution in [0.25, 0.3) is 0 Å². The second-order valence-electron chi connectivity index (χ2n) is 5.93. The molecule has 17 heavy (non-hydrogen) atoms. The zero-order chi connectivity index (χ0) is 12.9. The van der Waals surface area contributed by atoms with Gasteiger partial charge in [0.15, 0.2) is 0 Å². The van der Waals surface area contributed by atoms with E-state index in [1.54, 1.807) is 0 Å². The van der Waals surface area contributed by atoms with Crippen molar-refractivity contribution >= 4 is 8.56 Å². The summed E-state index contributed by atoms with van der Waals surface area (Å²) in [5.74, 6) is 1.02. The Labute approximate surface area is 108 Å². The fourth-order valence-corrected chi connectivity index (χ4v) is 5.85. The van der Waals surface area contributed by atoms with Crippen LogP contribution < -0.4 is 0 Å². The maximum absolute atomic E-state index is 6.22. The molecule has 0 aliphatic heterocycles. The van der Waals surface area contributed by atoms with E-state index in [4.69, 9.17) is 8.85 Å². The van der Waals surface area contributed by atoms with Gasteiger partial charge in [0.2, 0.25) is 0 Å². The first kappa shape index (κ1) is 15.2. The van der Waals surface area contributed by atoms with Gasteiger partial charge in [-0.05, 0) is 45.7 Å². The number of rotatable bonds is 9. The normalized spacial score (nSPS) is 17.1. The second kappa shape index (κ2) is 6.91. The first-order valence-corrected chi connectivity index (χ1v) is 9.56. The number of hydrogen-bond donors (Lipinski definition) is 0. The van der Waals surface area contributed by atoms with Crippen molar-refractivity contribution in [3.05, 3.63) is 0 Å². The Morgan fingerprint density at radius 2 is 1.59 bits per heavy atom. The van der Waals surface area contributed by atoms with Crippen molar-refractivity contribution in [3.63, 3.8) is 0 Å². The van der Waals surface area contributed by atoms with E-state index in [9.17, 15) is 0 Å². The molecular weight excluding hydrogens is 228 g/mol. The third kappa shape index (κ3) is 6.02. The van der Waals surface area contributed by atoms with Gasteiger partial charge in [0, 0.05) is 12.2 Å². The molecule has 0 bridgehead atoms. The molecule has 0 atom stereocenters. The summed E-state index contributed by atoms with van der Waals surface area (Å²) in [5, 5.41) is 0. The SMILES string of the molecule is CC[Si](CCCC1CC1)(OC(C)C)OC(C)C. The molecule has 0 heterocycles. The van der Waals surface area contributed by atoms with Crippen LogP contribution in [0.2, 0.25) is 12.1 Å². The van der Waals surface area contributed by atoms with E-state index >= 15 is 0 Å². The van der Waals surface area contributed by atoms with Crippen LogP contribution >= 0.6 is 0 Å². The van der Waals surface area contributed by atoms with E-state index in [0.717, 1.165) is 12.0 Å². The Hall–Kier alpha value is 0.137. The van der Waals surface area contributed by atoms with E-state index in [1.165, 1.54) is 31.7 Å².